The maximum Gasteiger partial charge on any atom is 0.416 e. The van der Waals surface area contributed by atoms with Gasteiger partial charge >= 0.3 is 11.9 Å². The van der Waals surface area contributed by atoms with Gasteiger partial charge in [-0.3, -0.25) is 4.79 Å². The van der Waals surface area contributed by atoms with Crippen LogP contribution in [0.15, 0.2) is 18.2 Å². The van der Waals surface area contributed by atoms with Crippen molar-refractivity contribution in [3.63, 3.8) is 0 Å². The molecule has 0 fully saturated rings. The SMILES string of the molecule is CC(=O)c1c(C)n([O-])c2ccc(C(F)(F)F)cc2[n+]1=O. The molecule has 0 atom stereocenters. The number of carbonyl (C=O) groups is 1. The van der Waals surface area contributed by atoms with Gasteiger partial charge in [-0.1, -0.05) is 0 Å². The number of rotatable bonds is 1. The number of Topliss-reactive ketones (excluding diaryl/α,β-unsaturated/α-hetero) is 1. The van der Waals surface area contributed by atoms with Gasteiger partial charge in [0, 0.05) is 17.9 Å². The average molecular weight is 286 g/mol. The quantitative estimate of drug-likeness (QED) is 0.597. The number of halogens is 3. The number of benzene rings is 1. The van der Waals surface area contributed by atoms with Gasteiger partial charge in [-0.15, -0.1) is 0 Å². The first-order valence-electron chi connectivity index (χ1n) is 5.52. The molecule has 106 valence electrons. The van der Waals surface area contributed by atoms with E-state index in [9.17, 15) is 28.1 Å². The molecule has 1 heterocycles. The monoisotopic (exact) mass is 286 g/mol. The average Bonchev–Trinajstić information content (AvgIpc) is 2.34. The number of ketones is 1. The van der Waals surface area contributed by atoms with Gasteiger partial charge in [0.05, 0.1) is 15.7 Å². The highest BCUT2D eigenvalue weighted by atomic mass is 19.4. The lowest BCUT2D eigenvalue weighted by atomic mass is 10.1. The number of nitrogens with zero attached hydrogens (tertiary/aromatic N) is 2. The van der Waals surface area contributed by atoms with Gasteiger partial charge in [-0.2, -0.15) is 13.2 Å². The molecule has 20 heavy (non-hydrogen) atoms. The molecule has 1 aromatic heterocycles. The largest absolute Gasteiger partial charge is 0.805 e. The van der Waals surface area contributed by atoms with Crippen LogP contribution in [0.4, 0.5) is 13.2 Å². The molecule has 0 bridgehead atoms. The van der Waals surface area contributed by atoms with E-state index in [2.05, 4.69) is 0 Å². The Bertz CT molecular complexity index is 778. The number of aromatic nitrogens is 2. The Morgan fingerprint density at radius 1 is 1.35 bits per heavy atom. The van der Waals surface area contributed by atoms with Crippen LogP contribution in [0, 0.1) is 17.0 Å². The zero-order chi connectivity index (χ0) is 15.2. The molecule has 0 saturated carbocycles. The van der Waals surface area contributed by atoms with Crippen LogP contribution >= 0.6 is 0 Å². The molecule has 0 aliphatic carbocycles. The van der Waals surface area contributed by atoms with Crippen molar-refractivity contribution in [2.75, 3.05) is 0 Å². The molecule has 8 heteroatoms. The highest BCUT2D eigenvalue weighted by Crippen LogP contribution is 2.30. The van der Waals surface area contributed by atoms with Crippen LogP contribution in [0.25, 0.3) is 11.0 Å². The van der Waals surface area contributed by atoms with Gasteiger partial charge in [0.25, 0.3) is 5.52 Å². The summed E-state index contributed by atoms with van der Waals surface area (Å²) in [6.07, 6.45) is -4.64. The molecular weight excluding hydrogens is 277 g/mol. The Morgan fingerprint density at radius 3 is 2.45 bits per heavy atom. The first-order valence-corrected chi connectivity index (χ1v) is 5.52. The summed E-state index contributed by atoms with van der Waals surface area (Å²) in [6, 6.07) is 2.18. The van der Waals surface area contributed by atoms with Crippen molar-refractivity contribution < 1.29 is 22.4 Å². The summed E-state index contributed by atoms with van der Waals surface area (Å²) in [6.45, 7) is 2.32. The van der Waals surface area contributed by atoms with Crippen LogP contribution < -0.4 is 4.43 Å². The second-order valence-electron chi connectivity index (χ2n) is 4.28. The minimum atomic E-state index is -4.64. The smallest absolute Gasteiger partial charge is 0.416 e. The number of fused-ring (bicyclic) bond motifs is 1. The van der Waals surface area contributed by atoms with E-state index in [1.807, 2.05) is 0 Å². The summed E-state index contributed by atoms with van der Waals surface area (Å²) >= 11 is 0. The fourth-order valence-corrected chi connectivity index (χ4v) is 1.98. The molecule has 0 aliphatic heterocycles. The van der Waals surface area contributed by atoms with Crippen LogP contribution in [-0.4, -0.2) is 10.5 Å². The predicted octanol–water partition coefficient (Wildman–Crippen LogP) is 2.43. The minimum Gasteiger partial charge on any atom is -0.805 e. The molecule has 0 N–H and O–H groups in total. The fraction of sp³-hybridized carbons (Fsp3) is 0.250. The van der Waals surface area contributed by atoms with E-state index in [1.54, 1.807) is 0 Å². The predicted molar refractivity (Wildman–Crippen MR) is 63.8 cm³/mol. The molecule has 2 rings (SSSR count). The van der Waals surface area contributed by atoms with E-state index < -0.39 is 28.7 Å². The van der Waals surface area contributed by atoms with E-state index in [1.165, 1.54) is 6.92 Å². The zero-order valence-corrected chi connectivity index (χ0v) is 10.5. The lowest BCUT2D eigenvalue weighted by molar-refractivity contribution is -0.468. The number of carbonyl (C=O) groups excluding carboxylic acids is 1. The second-order valence-corrected chi connectivity index (χ2v) is 4.28. The van der Waals surface area contributed by atoms with Crippen LogP contribution in [-0.2, 0) is 6.18 Å². The third kappa shape index (κ3) is 2.02. The molecule has 1 aromatic carbocycles. The van der Waals surface area contributed by atoms with Gasteiger partial charge in [-0.05, 0) is 19.1 Å². The molecular formula is C12H9F3N2O3. The van der Waals surface area contributed by atoms with Gasteiger partial charge in [-0.25, -0.2) is 0 Å². The van der Waals surface area contributed by atoms with Crippen LogP contribution in [0.5, 0.6) is 0 Å². The van der Waals surface area contributed by atoms with Crippen molar-refractivity contribution >= 4 is 16.8 Å². The van der Waals surface area contributed by atoms with Crippen LogP contribution in [0.2, 0.25) is 0 Å². The van der Waals surface area contributed by atoms with Crippen molar-refractivity contribution in [2.24, 2.45) is 0 Å². The topological polar surface area (TPSA) is 68.0 Å². The Kier molecular flexibility index (Phi) is 3.04. The van der Waals surface area contributed by atoms with Gasteiger partial charge in [0.15, 0.2) is 0 Å². The van der Waals surface area contributed by atoms with Gasteiger partial charge in [0.2, 0.25) is 5.78 Å². The summed E-state index contributed by atoms with van der Waals surface area (Å²) in [5.41, 5.74) is -2.40. The fourth-order valence-electron chi connectivity index (χ4n) is 1.98. The Balaban J connectivity index is 2.96. The molecule has 2 aromatic rings. The molecule has 0 unspecified atom stereocenters. The Labute approximate surface area is 110 Å². The van der Waals surface area contributed by atoms with E-state index >= 15 is 0 Å². The summed E-state index contributed by atoms with van der Waals surface area (Å²) in [5, 5.41) is 11.9. The number of hydrogen-bond donors (Lipinski definition) is 0. The third-order valence-corrected chi connectivity index (χ3v) is 2.92. The maximum absolute atomic E-state index is 12.6. The molecule has 5 nitrogen and oxygen atoms in total. The van der Waals surface area contributed by atoms with Crippen molar-refractivity contribution in [1.29, 1.82) is 0 Å². The highest BCUT2D eigenvalue weighted by Gasteiger charge is 2.33. The van der Waals surface area contributed by atoms with Crippen molar-refractivity contribution in [3.8, 4) is 0 Å². The standard InChI is InChI=1S/C12H9F3N2O3/c1-6-11(7(2)18)17(20)10-5-8(12(13,14)15)3-4-9(10)16(6)19/h3-5H,1-2H3. The summed E-state index contributed by atoms with van der Waals surface area (Å²) in [7, 11) is 0. The number of alkyl halides is 3. The minimum absolute atomic E-state index is 0.0661. The van der Waals surface area contributed by atoms with Crippen molar-refractivity contribution in [2.45, 2.75) is 20.0 Å². The van der Waals surface area contributed by atoms with Crippen LogP contribution in [0.1, 0.15) is 28.7 Å². The molecule has 0 spiro atoms. The first-order chi connectivity index (χ1) is 9.14. The van der Waals surface area contributed by atoms with E-state index in [-0.39, 0.29) is 20.4 Å². The highest BCUT2D eigenvalue weighted by molar-refractivity contribution is 5.92. The number of hydrogen-bond acceptors (Lipinski definition) is 3. The summed E-state index contributed by atoms with van der Waals surface area (Å²) in [4.78, 5) is 23.4. The van der Waals surface area contributed by atoms with Gasteiger partial charge in [0.1, 0.15) is 5.52 Å². The lowest BCUT2D eigenvalue weighted by Crippen LogP contribution is -2.29. The van der Waals surface area contributed by atoms with Gasteiger partial charge < -0.3 is 9.94 Å². The van der Waals surface area contributed by atoms with E-state index in [0.717, 1.165) is 13.0 Å². The lowest BCUT2D eigenvalue weighted by Gasteiger charge is -2.16. The summed E-state index contributed by atoms with van der Waals surface area (Å²) in [5.74, 6) is -0.693. The van der Waals surface area contributed by atoms with Crippen molar-refractivity contribution in [1.82, 2.24) is 4.73 Å². The Morgan fingerprint density at radius 2 is 1.95 bits per heavy atom. The maximum atomic E-state index is 12.6. The second kappa shape index (κ2) is 4.32. The molecule has 0 amide bonds. The normalized spacial score (nSPS) is 11.8. The van der Waals surface area contributed by atoms with E-state index in [4.69, 9.17) is 0 Å². The molecule has 0 saturated heterocycles. The molecule has 0 radical (unpaired) electrons. The third-order valence-electron chi connectivity index (χ3n) is 2.92. The zero-order valence-electron chi connectivity index (χ0n) is 10.5. The van der Waals surface area contributed by atoms with Crippen molar-refractivity contribution in [3.05, 3.63) is 45.3 Å². The first kappa shape index (κ1) is 14.0. The van der Waals surface area contributed by atoms with E-state index in [0.29, 0.717) is 12.1 Å². The summed E-state index contributed by atoms with van der Waals surface area (Å²) < 4.78 is 38.2. The Hall–Kier alpha value is -2.38. The van der Waals surface area contributed by atoms with Crippen LogP contribution in [0.3, 0.4) is 0 Å². The molecule has 0 aliphatic rings.